The normalized spacial score (nSPS) is 12.1. The molecule has 0 spiro atoms. The van der Waals surface area contributed by atoms with Gasteiger partial charge in [-0.25, -0.2) is 17.9 Å². The van der Waals surface area contributed by atoms with Crippen molar-refractivity contribution >= 4 is 26.9 Å². The quantitative estimate of drug-likeness (QED) is 0.804. The first-order valence-electron chi connectivity index (χ1n) is 7.48. The number of nitrogens with one attached hydrogen (secondary N) is 2. The Morgan fingerprint density at radius 2 is 1.96 bits per heavy atom. The summed E-state index contributed by atoms with van der Waals surface area (Å²) in [6.45, 7) is 5.44. The van der Waals surface area contributed by atoms with E-state index in [9.17, 15) is 13.2 Å². The number of carbonyl (C=O) groups excluding carboxylic acids is 1. The van der Waals surface area contributed by atoms with Crippen LogP contribution in [0.3, 0.4) is 0 Å². The lowest BCUT2D eigenvalue weighted by atomic mass is 10.2. The van der Waals surface area contributed by atoms with Crippen LogP contribution >= 0.6 is 0 Å². The second-order valence-electron chi connectivity index (χ2n) is 6.18. The monoisotopic (exact) mass is 351 g/mol. The maximum atomic E-state index is 12.4. The van der Waals surface area contributed by atoms with Gasteiger partial charge in [0.1, 0.15) is 5.60 Å². The Labute approximate surface area is 141 Å². The van der Waals surface area contributed by atoms with E-state index in [1.165, 1.54) is 12.3 Å². The number of sulfonamides is 1. The summed E-state index contributed by atoms with van der Waals surface area (Å²) in [6.07, 6.45) is 2.54. The van der Waals surface area contributed by atoms with Crippen LogP contribution in [0.2, 0.25) is 0 Å². The van der Waals surface area contributed by atoms with Gasteiger partial charge in [-0.15, -0.1) is 0 Å². The minimum absolute atomic E-state index is 0.0538. The van der Waals surface area contributed by atoms with E-state index in [0.717, 1.165) is 5.39 Å². The molecule has 2 N–H and O–H groups in total. The zero-order valence-corrected chi connectivity index (χ0v) is 14.7. The van der Waals surface area contributed by atoms with E-state index in [1.54, 1.807) is 39.1 Å². The third-order valence-electron chi connectivity index (χ3n) is 3.02. The highest BCUT2D eigenvalue weighted by molar-refractivity contribution is 7.89. The van der Waals surface area contributed by atoms with Crippen LogP contribution < -0.4 is 10.0 Å². The molecule has 1 aromatic carbocycles. The molecule has 0 saturated heterocycles. The molecule has 7 nitrogen and oxygen atoms in total. The van der Waals surface area contributed by atoms with Crippen LogP contribution in [0.4, 0.5) is 4.79 Å². The molecule has 0 saturated carbocycles. The van der Waals surface area contributed by atoms with Crippen LogP contribution in [-0.4, -0.2) is 38.2 Å². The molecule has 0 aliphatic rings. The number of benzene rings is 1. The first kappa shape index (κ1) is 18.2. The minimum Gasteiger partial charge on any atom is -0.444 e. The van der Waals surface area contributed by atoms with Crippen molar-refractivity contribution in [1.82, 2.24) is 15.0 Å². The van der Waals surface area contributed by atoms with Crippen molar-refractivity contribution in [2.75, 3.05) is 13.1 Å². The van der Waals surface area contributed by atoms with Gasteiger partial charge >= 0.3 is 6.09 Å². The zero-order chi connectivity index (χ0) is 17.8. The topological polar surface area (TPSA) is 97.4 Å². The van der Waals surface area contributed by atoms with Crippen molar-refractivity contribution in [1.29, 1.82) is 0 Å². The van der Waals surface area contributed by atoms with E-state index in [1.807, 2.05) is 6.07 Å². The Morgan fingerprint density at radius 1 is 1.21 bits per heavy atom. The largest absolute Gasteiger partial charge is 0.444 e. The summed E-state index contributed by atoms with van der Waals surface area (Å²) in [5.41, 5.74) is -0.598. The van der Waals surface area contributed by atoms with Crippen molar-refractivity contribution in [3.8, 4) is 0 Å². The number of amides is 1. The van der Waals surface area contributed by atoms with Gasteiger partial charge in [0.25, 0.3) is 0 Å². The molecule has 1 aromatic heterocycles. The predicted octanol–water partition coefficient (Wildman–Crippen LogP) is 2.04. The smallest absolute Gasteiger partial charge is 0.407 e. The maximum Gasteiger partial charge on any atom is 0.407 e. The van der Waals surface area contributed by atoms with E-state index in [-0.39, 0.29) is 18.0 Å². The zero-order valence-electron chi connectivity index (χ0n) is 13.9. The summed E-state index contributed by atoms with van der Waals surface area (Å²) in [5.74, 6) is 0. The molecule has 0 bridgehead atoms. The Balaban J connectivity index is 1.98. The Kier molecular flexibility index (Phi) is 5.40. The molecule has 2 rings (SSSR count). The molecule has 0 aliphatic heterocycles. The standard InChI is InChI=1S/C16H21N3O4S/c1-16(2,3)23-15(20)18-9-10-19-24(21,22)14-6-4-5-12-7-8-17-11-13(12)14/h4-8,11,19H,9-10H2,1-3H3,(H,18,20). The number of hydrogen-bond donors (Lipinski definition) is 2. The second kappa shape index (κ2) is 7.14. The van der Waals surface area contributed by atoms with E-state index >= 15 is 0 Å². The number of alkyl carbamates (subject to hydrolysis) is 1. The van der Waals surface area contributed by atoms with Gasteiger partial charge in [-0.05, 0) is 38.3 Å². The van der Waals surface area contributed by atoms with E-state index in [4.69, 9.17) is 4.74 Å². The highest BCUT2D eigenvalue weighted by atomic mass is 32.2. The summed E-state index contributed by atoms with van der Waals surface area (Å²) >= 11 is 0. The highest BCUT2D eigenvalue weighted by Gasteiger charge is 2.18. The molecule has 0 unspecified atom stereocenters. The Morgan fingerprint density at radius 3 is 2.67 bits per heavy atom. The molecule has 8 heteroatoms. The number of nitrogens with zero attached hydrogens (tertiary/aromatic N) is 1. The Bertz CT molecular complexity index is 823. The van der Waals surface area contributed by atoms with E-state index in [2.05, 4.69) is 15.0 Å². The second-order valence-corrected chi connectivity index (χ2v) is 7.91. The average molecular weight is 351 g/mol. The lowest BCUT2D eigenvalue weighted by Gasteiger charge is -2.19. The number of pyridine rings is 1. The lowest BCUT2D eigenvalue weighted by Crippen LogP contribution is -2.37. The predicted molar refractivity (Wildman–Crippen MR) is 91.2 cm³/mol. The van der Waals surface area contributed by atoms with Gasteiger partial charge in [-0.3, -0.25) is 4.98 Å². The van der Waals surface area contributed by atoms with Gasteiger partial charge in [0.05, 0.1) is 4.90 Å². The SMILES string of the molecule is CC(C)(C)OC(=O)NCCNS(=O)(=O)c1cccc2ccncc12. The van der Waals surface area contributed by atoms with Crippen LogP contribution in [0.25, 0.3) is 10.8 Å². The van der Waals surface area contributed by atoms with Gasteiger partial charge in [-0.2, -0.15) is 0 Å². The fourth-order valence-corrected chi connectivity index (χ4v) is 3.31. The number of carbonyl (C=O) groups is 1. The van der Waals surface area contributed by atoms with Crippen molar-refractivity contribution < 1.29 is 17.9 Å². The number of ether oxygens (including phenoxy) is 1. The summed E-state index contributed by atoms with van der Waals surface area (Å²) < 4.78 is 32.4. The summed E-state index contributed by atoms with van der Waals surface area (Å²) in [6, 6.07) is 6.77. The van der Waals surface area contributed by atoms with E-state index < -0.39 is 21.7 Å². The molecule has 0 atom stereocenters. The molecule has 0 aliphatic carbocycles. The first-order valence-corrected chi connectivity index (χ1v) is 8.97. The average Bonchev–Trinajstić information content (AvgIpc) is 2.49. The molecule has 24 heavy (non-hydrogen) atoms. The molecule has 1 heterocycles. The molecule has 2 aromatic rings. The third-order valence-corrected chi connectivity index (χ3v) is 4.54. The van der Waals surface area contributed by atoms with Gasteiger partial charge in [0, 0.05) is 30.9 Å². The van der Waals surface area contributed by atoms with Gasteiger partial charge in [0.2, 0.25) is 10.0 Å². The lowest BCUT2D eigenvalue weighted by molar-refractivity contribution is 0.0529. The van der Waals surface area contributed by atoms with E-state index in [0.29, 0.717) is 5.39 Å². The number of rotatable bonds is 5. The molecule has 130 valence electrons. The van der Waals surface area contributed by atoms with Crippen molar-refractivity contribution in [2.45, 2.75) is 31.3 Å². The number of fused-ring (bicyclic) bond motifs is 1. The molecule has 0 radical (unpaired) electrons. The number of hydrogen-bond acceptors (Lipinski definition) is 5. The van der Waals surface area contributed by atoms with Crippen LogP contribution in [-0.2, 0) is 14.8 Å². The maximum absolute atomic E-state index is 12.4. The van der Waals surface area contributed by atoms with Crippen LogP contribution in [0.15, 0.2) is 41.6 Å². The van der Waals surface area contributed by atoms with Crippen molar-refractivity contribution in [3.05, 3.63) is 36.7 Å². The fraction of sp³-hybridized carbons (Fsp3) is 0.375. The molecular weight excluding hydrogens is 330 g/mol. The first-order chi connectivity index (χ1) is 11.2. The highest BCUT2D eigenvalue weighted by Crippen LogP contribution is 2.21. The molecule has 0 fully saturated rings. The minimum atomic E-state index is -3.70. The van der Waals surface area contributed by atoms with Crippen LogP contribution in [0, 0.1) is 0 Å². The summed E-state index contributed by atoms with van der Waals surface area (Å²) in [4.78, 5) is 15.6. The molecular formula is C16H21N3O4S. The van der Waals surface area contributed by atoms with Crippen LogP contribution in [0.5, 0.6) is 0 Å². The van der Waals surface area contributed by atoms with Crippen LogP contribution in [0.1, 0.15) is 20.8 Å². The van der Waals surface area contributed by atoms with Gasteiger partial charge < -0.3 is 10.1 Å². The fourth-order valence-electron chi connectivity index (χ4n) is 2.06. The summed E-state index contributed by atoms with van der Waals surface area (Å²) in [5, 5.41) is 3.84. The Hall–Kier alpha value is -2.19. The van der Waals surface area contributed by atoms with Gasteiger partial charge in [0.15, 0.2) is 0 Å². The molecule has 1 amide bonds. The third kappa shape index (κ3) is 4.90. The van der Waals surface area contributed by atoms with Gasteiger partial charge in [-0.1, -0.05) is 12.1 Å². The number of aromatic nitrogens is 1. The van der Waals surface area contributed by atoms with Crippen molar-refractivity contribution in [2.24, 2.45) is 0 Å². The summed E-state index contributed by atoms with van der Waals surface area (Å²) in [7, 11) is -3.70. The van der Waals surface area contributed by atoms with Crippen molar-refractivity contribution in [3.63, 3.8) is 0 Å².